The second-order valence-electron chi connectivity index (χ2n) is 2.12. The highest BCUT2D eigenvalue weighted by atomic mass is 32.1. The molecule has 2 heterocycles. The van der Waals surface area contributed by atoms with Crippen LogP contribution in [-0.2, 0) is 0 Å². The Morgan fingerprint density at radius 3 is 3.18 bits per heavy atom. The lowest BCUT2D eigenvalue weighted by Gasteiger charge is -1.92. The summed E-state index contributed by atoms with van der Waals surface area (Å²) in [7, 11) is 0. The Labute approximate surface area is 68.1 Å². The lowest BCUT2D eigenvalue weighted by molar-refractivity contribution is 1.21. The fourth-order valence-corrected chi connectivity index (χ4v) is 1.04. The molecule has 0 aliphatic heterocycles. The maximum atomic E-state index is 4.89. The van der Waals surface area contributed by atoms with Crippen molar-refractivity contribution in [3.8, 4) is 0 Å². The number of fused-ring (bicyclic) bond motifs is 1. The van der Waals surface area contributed by atoms with E-state index in [0.29, 0.717) is 10.3 Å². The van der Waals surface area contributed by atoms with Gasteiger partial charge in [-0.1, -0.05) is 12.2 Å². The number of hydrogen-bond acceptors (Lipinski definition) is 3. The third-order valence-electron chi connectivity index (χ3n) is 1.35. The predicted molar refractivity (Wildman–Crippen MR) is 44.7 cm³/mol. The van der Waals surface area contributed by atoms with Crippen molar-refractivity contribution in [3.63, 3.8) is 0 Å². The SMILES string of the molecule is S=c1cnc2ncccc2[nH]1. The molecule has 0 unspecified atom stereocenters. The first-order valence-corrected chi connectivity index (χ1v) is 3.57. The monoisotopic (exact) mass is 163 g/mol. The van der Waals surface area contributed by atoms with Crippen LogP contribution in [0.15, 0.2) is 24.5 Å². The fourth-order valence-electron chi connectivity index (χ4n) is 0.882. The average molecular weight is 163 g/mol. The van der Waals surface area contributed by atoms with E-state index in [0.717, 1.165) is 5.52 Å². The van der Waals surface area contributed by atoms with Gasteiger partial charge in [-0.2, -0.15) is 0 Å². The predicted octanol–water partition coefficient (Wildman–Crippen LogP) is 1.69. The van der Waals surface area contributed by atoms with Gasteiger partial charge in [-0.3, -0.25) is 0 Å². The molecule has 11 heavy (non-hydrogen) atoms. The van der Waals surface area contributed by atoms with Crippen molar-refractivity contribution >= 4 is 23.4 Å². The van der Waals surface area contributed by atoms with Crippen molar-refractivity contribution in [1.29, 1.82) is 0 Å². The summed E-state index contributed by atoms with van der Waals surface area (Å²) < 4.78 is 0.630. The van der Waals surface area contributed by atoms with Crippen LogP contribution in [0, 0.1) is 4.64 Å². The maximum absolute atomic E-state index is 4.89. The molecule has 0 spiro atoms. The van der Waals surface area contributed by atoms with Gasteiger partial charge in [-0.25, -0.2) is 9.97 Å². The molecule has 0 amide bonds. The minimum atomic E-state index is 0.630. The maximum Gasteiger partial charge on any atom is 0.176 e. The second kappa shape index (κ2) is 2.39. The second-order valence-corrected chi connectivity index (χ2v) is 2.56. The van der Waals surface area contributed by atoms with Crippen molar-refractivity contribution < 1.29 is 0 Å². The van der Waals surface area contributed by atoms with Gasteiger partial charge in [0.25, 0.3) is 0 Å². The zero-order valence-electron chi connectivity index (χ0n) is 5.61. The Morgan fingerprint density at radius 2 is 2.27 bits per heavy atom. The Hall–Kier alpha value is -1.29. The third-order valence-corrected chi connectivity index (χ3v) is 1.56. The topological polar surface area (TPSA) is 41.6 Å². The molecule has 1 N–H and O–H groups in total. The molecule has 0 saturated heterocycles. The minimum Gasteiger partial charge on any atom is -0.342 e. The van der Waals surface area contributed by atoms with Gasteiger partial charge in [-0.15, -0.1) is 0 Å². The quantitative estimate of drug-likeness (QED) is 0.601. The van der Waals surface area contributed by atoms with Gasteiger partial charge in [0.05, 0.1) is 11.7 Å². The highest BCUT2D eigenvalue weighted by Crippen LogP contribution is 2.02. The highest BCUT2D eigenvalue weighted by Gasteiger charge is 1.90. The van der Waals surface area contributed by atoms with E-state index in [1.165, 1.54) is 0 Å². The number of hydrogen-bond donors (Lipinski definition) is 1. The van der Waals surface area contributed by atoms with Crippen LogP contribution in [-0.4, -0.2) is 15.0 Å². The summed E-state index contributed by atoms with van der Waals surface area (Å²) in [5.41, 5.74) is 1.57. The third kappa shape index (κ3) is 1.12. The molecule has 0 aliphatic carbocycles. The van der Waals surface area contributed by atoms with Crippen LogP contribution >= 0.6 is 12.2 Å². The molecule has 0 aromatic carbocycles. The molecule has 0 aliphatic rings. The molecule has 0 fully saturated rings. The van der Waals surface area contributed by atoms with Crippen LogP contribution in [0.2, 0.25) is 0 Å². The minimum absolute atomic E-state index is 0.630. The van der Waals surface area contributed by atoms with E-state index in [9.17, 15) is 0 Å². The molecule has 2 aromatic rings. The standard InChI is InChI=1S/C7H5N3S/c11-6-4-9-7-5(10-6)2-1-3-8-7/h1-4H,(H,10,11). The van der Waals surface area contributed by atoms with Gasteiger partial charge in [0.2, 0.25) is 0 Å². The number of nitrogens with zero attached hydrogens (tertiary/aromatic N) is 2. The largest absolute Gasteiger partial charge is 0.342 e. The van der Waals surface area contributed by atoms with Crippen LogP contribution in [0.25, 0.3) is 11.2 Å². The molecule has 2 rings (SSSR count). The highest BCUT2D eigenvalue weighted by molar-refractivity contribution is 7.71. The molecule has 2 aromatic heterocycles. The Balaban J connectivity index is 2.94. The van der Waals surface area contributed by atoms with Gasteiger partial charge in [0.15, 0.2) is 5.65 Å². The Kier molecular flexibility index (Phi) is 1.40. The summed E-state index contributed by atoms with van der Waals surface area (Å²) in [6.45, 7) is 0. The van der Waals surface area contributed by atoms with E-state index in [2.05, 4.69) is 15.0 Å². The van der Waals surface area contributed by atoms with Gasteiger partial charge >= 0.3 is 0 Å². The number of rotatable bonds is 0. The van der Waals surface area contributed by atoms with Gasteiger partial charge in [-0.05, 0) is 12.1 Å². The van der Waals surface area contributed by atoms with Crippen molar-refractivity contribution in [2.45, 2.75) is 0 Å². The van der Waals surface area contributed by atoms with Crippen LogP contribution in [0.1, 0.15) is 0 Å². The summed E-state index contributed by atoms with van der Waals surface area (Å²) in [4.78, 5) is 11.0. The first kappa shape index (κ1) is 6.42. The molecule has 0 saturated carbocycles. The van der Waals surface area contributed by atoms with E-state index in [-0.39, 0.29) is 0 Å². The summed E-state index contributed by atoms with van der Waals surface area (Å²) in [5, 5.41) is 0. The zero-order valence-corrected chi connectivity index (χ0v) is 6.43. The molecule has 4 heteroatoms. The molecule has 3 nitrogen and oxygen atoms in total. The van der Waals surface area contributed by atoms with Crippen molar-refractivity contribution in [2.75, 3.05) is 0 Å². The zero-order chi connectivity index (χ0) is 7.68. The first-order chi connectivity index (χ1) is 5.36. The molecule has 0 radical (unpaired) electrons. The molecule has 0 atom stereocenters. The van der Waals surface area contributed by atoms with Crippen molar-refractivity contribution in [3.05, 3.63) is 29.2 Å². The number of pyridine rings is 1. The Bertz CT molecular complexity index is 435. The first-order valence-electron chi connectivity index (χ1n) is 3.16. The smallest absolute Gasteiger partial charge is 0.176 e. The summed E-state index contributed by atoms with van der Waals surface area (Å²) in [6, 6.07) is 3.74. The van der Waals surface area contributed by atoms with E-state index in [4.69, 9.17) is 12.2 Å². The Morgan fingerprint density at radius 1 is 1.36 bits per heavy atom. The molecule has 54 valence electrons. The van der Waals surface area contributed by atoms with Gasteiger partial charge in [0, 0.05) is 6.20 Å². The lowest BCUT2D eigenvalue weighted by atomic mass is 10.4. The number of nitrogens with one attached hydrogen (secondary N) is 1. The van der Waals surface area contributed by atoms with Crippen molar-refractivity contribution in [1.82, 2.24) is 15.0 Å². The van der Waals surface area contributed by atoms with E-state index in [1.807, 2.05) is 12.1 Å². The van der Waals surface area contributed by atoms with E-state index < -0.39 is 0 Å². The number of aromatic amines is 1. The number of aromatic nitrogens is 3. The van der Waals surface area contributed by atoms with Crippen LogP contribution in [0.5, 0.6) is 0 Å². The summed E-state index contributed by atoms with van der Waals surface area (Å²) in [6.07, 6.45) is 3.29. The lowest BCUT2D eigenvalue weighted by Crippen LogP contribution is -1.85. The number of H-pyrrole nitrogens is 1. The summed E-state index contributed by atoms with van der Waals surface area (Å²) in [5.74, 6) is 0. The van der Waals surface area contributed by atoms with Gasteiger partial charge in [0.1, 0.15) is 4.64 Å². The molecular weight excluding hydrogens is 158 g/mol. The van der Waals surface area contributed by atoms with Crippen molar-refractivity contribution in [2.24, 2.45) is 0 Å². The summed E-state index contributed by atoms with van der Waals surface area (Å²) >= 11 is 4.89. The van der Waals surface area contributed by atoms with Crippen LogP contribution in [0.4, 0.5) is 0 Å². The molecule has 0 bridgehead atoms. The van der Waals surface area contributed by atoms with Gasteiger partial charge < -0.3 is 4.98 Å². The average Bonchev–Trinajstić information content (AvgIpc) is 2.04. The van der Waals surface area contributed by atoms with Crippen LogP contribution < -0.4 is 0 Å². The van der Waals surface area contributed by atoms with E-state index >= 15 is 0 Å². The van der Waals surface area contributed by atoms with E-state index in [1.54, 1.807) is 12.4 Å². The van der Waals surface area contributed by atoms with Crippen LogP contribution in [0.3, 0.4) is 0 Å². The fraction of sp³-hybridized carbons (Fsp3) is 0. The molecular formula is C7H5N3S. The normalized spacial score (nSPS) is 10.2.